The van der Waals surface area contributed by atoms with Crippen LogP contribution >= 0.6 is 0 Å². The highest BCUT2D eigenvalue weighted by Crippen LogP contribution is 2.37. The lowest BCUT2D eigenvalue weighted by Gasteiger charge is -2.31. The van der Waals surface area contributed by atoms with Gasteiger partial charge >= 0.3 is 0 Å². The van der Waals surface area contributed by atoms with Gasteiger partial charge in [-0.15, -0.1) is 0 Å². The lowest BCUT2D eigenvalue weighted by atomic mass is 9.85. The second-order valence-electron chi connectivity index (χ2n) is 5.97. The topological polar surface area (TPSA) is 29.3 Å². The first kappa shape index (κ1) is 13.1. The quantitative estimate of drug-likeness (QED) is 0.907. The zero-order valence-corrected chi connectivity index (χ0v) is 11.4. The average Bonchev–Trinajstić information content (AvgIpc) is 2.85. The molecule has 2 aliphatic rings. The minimum Gasteiger partial charge on any atom is -0.326 e. The summed E-state index contributed by atoms with van der Waals surface area (Å²) in [5, 5.41) is 0. The molecule has 2 unspecified atom stereocenters. The van der Waals surface area contributed by atoms with Gasteiger partial charge < -0.3 is 5.73 Å². The Morgan fingerprint density at radius 3 is 2.79 bits per heavy atom. The molecule has 2 nitrogen and oxygen atoms in total. The Hall–Kier alpha value is -0.930. The highest BCUT2D eigenvalue weighted by atomic mass is 19.1. The fourth-order valence-electron chi connectivity index (χ4n) is 3.83. The first-order valence-corrected chi connectivity index (χ1v) is 7.50. The third-order valence-corrected chi connectivity index (χ3v) is 4.88. The van der Waals surface area contributed by atoms with Gasteiger partial charge in [-0.25, -0.2) is 4.39 Å². The molecule has 0 spiro atoms. The Morgan fingerprint density at radius 2 is 1.95 bits per heavy atom. The summed E-state index contributed by atoms with van der Waals surface area (Å²) >= 11 is 0. The van der Waals surface area contributed by atoms with E-state index in [4.69, 9.17) is 5.73 Å². The van der Waals surface area contributed by atoms with Crippen LogP contribution in [0, 0.1) is 11.7 Å². The second kappa shape index (κ2) is 5.59. The molecule has 1 aliphatic heterocycles. The molecule has 1 aromatic rings. The largest absolute Gasteiger partial charge is 0.326 e. The number of nitrogens with two attached hydrogens (primary N) is 1. The van der Waals surface area contributed by atoms with Crippen molar-refractivity contribution in [2.75, 3.05) is 6.54 Å². The van der Waals surface area contributed by atoms with Gasteiger partial charge in [0.1, 0.15) is 5.82 Å². The number of nitrogens with zero attached hydrogens (tertiary/aromatic N) is 1. The number of halogens is 1. The fourth-order valence-corrected chi connectivity index (χ4v) is 3.83. The third-order valence-electron chi connectivity index (χ3n) is 4.88. The van der Waals surface area contributed by atoms with Crippen molar-refractivity contribution in [2.24, 2.45) is 11.7 Å². The lowest BCUT2D eigenvalue weighted by molar-refractivity contribution is 0.174. The molecule has 2 atom stereocenters. The summed E-state index contributed by atoms with van der Waals surface area (Å²) < 4.78 is 14.2. The summed E-state index contributed by atoms with van der Waals surface area (Å²) in [5.41, 5.74) is 7.03. The number of rotatable bonds is 3. The van der Waals surface area contributed by atoms with E-state index in [2.05, 4.69) is 4.90 Å². The van der Waals surface area contributed by atoms with Crippen LogP contribution < -0.4 is 5.73 Å². The molecular formula is C16H23FN2. The SMILES string of the molecule is NCc1cccc(CN2CCC3CCCCC32)c1F. The molecule has 1 saturated carbocycles. The summed E-state index contributed by atoms with van der Waals surface area (Å²) in [5.74, 6) is 0.763. The fraction of sp³-hybridized carbons (Fsp3) is 0.625. The van der Waals surface area contributed by atoms with Crippen molar-refractivity contribution in [1.82, 2.24) is 4.90 Å². The van der Waals surface area contributed by atoms with Crippen molar-refractivity contribution in [3.8, 4) is 0 Å². The number of likely N-dealkylation sites (tertiary alicyclic amines) is 1. The zero-order valence-electron chi connectivity index (χ0n) is 11.4. The van der Waals surface area contributed by atoms with E-state index in [9.17, 15) is 4.39 Å². The first-order valence-electron chi connectivity index (χ1n) is 7.50. The van der Waals surface area contributed by atoms with Gasteiger partial charge in [-0.1, -0.05) is 31.0 Å². The molecular weight excluding hydrogens is 239 g/mol. The molecule has 1 saturated heterocycles. The summed E-state index contributed by atoms with van der Waals surface area (Å²) in [6, 6.07) is 6.31. The maximum absolute atomic E-state index is 14.2. The lowest BCUT2D eigenvalue weighted by Crippen LogP contribution is -2.34. The number of hydrogen-bond acceptors (Lipinski definition) is 2. The van der Waals surface area contributed by atoms with Crippen molar-refractivity contribution < 1.29 is 4.39 Å². The molecule has 19 heavy (non-hydrogen) atoms. The first-order chi connectivity index (χ1) is 9.29. The Balaban J connectivity index is 1.75. The van der Waals surface area contributed by atoms with E-state index in [1.807, 2.05) is 12.1 Å². The van der Waals surface area contributed by atoms with Crippen molar-refractivity contribution in [3.63, 3.8) is 0 Å². The minimum atomic E-state index is -0.0933. The summed E-state index contributed by atoms with van der Waals surface area (Å²) in [6.07, 6.45) is 6.67. The molecule has 2 N–H and O–H groups in total. The van der Waals surface area contributed by atoms with Crippen LogP contribution in [-0.2, 0) is 13.1 Å². The maximum Gasteiger partial charge on any atom is 0.132 e. The Kier molecular flexibility index (Phi) is 3.85. The van der Waals surface area contributed by atoms with Gasteiger partial charge in [-0.3, -0.25) is 4.90 Å². The van der Waals surface area contributed by atoms with E-state index < -0.39 is 0 Å². The minimum absolute atomic E-state index is 0.0933. The maximum atomic E-state index is 14.2. The van der Waals surface area contributed by atoms with Crippen LogP contribution in [0.4, 0.5) is 4.39 Å². The molecule has 0 aromatic heterocycles. The van der Waals surface area contributed by atoms with Crippen molar-refractivity contribution >= 4 is 0 Å². The molecule has 3 heteroatoms. The molecule has 1 aliphatic carbocycles. The third kappa shape index (κ3) is 2.54. The predicted molar refractivity (Wildman–Crippen MR) is 75.1 cm³/mol. The normalized spacial score (nSPS) is 27.5. The van der Waals surface area contributed by atoms with Gasteiger partial charge in [0, 0.05) is 30.3 Å². The number of fused-ring (bicyclic) bond motifs is 1. The highest BCUT2D eigenvalue weighted by Gasteiger charge is 2.35. The smallest absolute Gasteiger partial charge is 0.132 e. The van der Waals surface area contributed by atoms with E-state index in [1.54, 1.807) is 6.07 Å². The molecule has 3 rings (SSSR count). The van der Waals surface area contributed by atoms with Gasteiger partial charge in [0.25, 0.3) is 0 Å². The Bertz CT molecular complexity index is 446. The molecule has 1 heterocycles. The summed E-state index contributed by atoms with van der Waals surface area (Å²) in [4.78, 5) is 2.49. The van der Waals surface area contributed by atoms with Crippen molar-refractivity contribution in [1.29, 1.82) is 0 Å². The van der Waals surface area contributed by atoms with Crippen LogP contribution in [0.15, 0.2) is 18.2 Å². The van der Waals surface area contributed by atoms with Gasteiger partial charge in [0.15, 0.2) is 0 Å². The molecule has 0 bridgehead atoms. The summed E-state index contributed by atoms with van der Waals surface area (Å²) in [6.45, 7) is 2.16. The van der Waals surface area contributed by atoms with Crippen LogP contribution in [0.2, 0.25) is 0 Å². The number of benzene rings is 1. The predicted octanol–water partition coefficient (Wildman–Crippen LogP) is 3.05. The Morgan fingerprint density at radius 1 is 1.16 bits per heavy atom. The van der Waals surface area contributed by atoms with Crippen LogP contribution in [-0.4, -0.2) is 17.5 Å². The molecule has 1 aromatic carbocycles. The van der Waals surface area contributed by atoms with Gasteiger partial charge in [-0.05, 0) is 31.7 Å². The van der Waals surface area contributed by atoms with E-state index in [1.165, 1.54) is 32.1 Å². The van der Waals surface area contributed by atoms with Crippen LogP contribution in [0.5, 0.6) is 0 Å². The van der Waals surface area contributed by atoms with Gasteiger partial charge in [0.05, 0.1) is 0 Å². The van der Waals surface area contributed by atoms with Gasteiger partial charge in [-0.2, -0.15) is 0 Å². The monoisotopic (exact) mass is 262 g/mol. The summed E-state index contributed by atoms with van der Waals surface area (Å²) in [7, 11) is 0. The molecule has 0 amide bonds. The van der Waals surface area contributed by atoms with E-state index in [-0.39, 0.29) is 12.4 Å². The molecule has 104 valence electrons. The van der Waals surface area contributed by atoms with E-state index >= 15 is 0 Å². The van der Waals surface area contributed by atoms with Crippen LogP contribution in [0.1, 0.15) is 43.2 Å². The van der Waals surface area contributed by atoms with Crippen LogP contribution in [0.25, 0.3) is 0 Å². The highest BCUT2D eigenvalue weighted by molar-refractivity contribution is 5.26. The molecule has 2 fully saturated rings. The molecule has 0 radical (unpaired) electrons. The average molecular weight is 262 g/mol. The van der Waals surface area contributed by atoms with E-state index in [0.717, 1.165) is 24.6 Å². The standard InChI is InChI=1S/C16H23FN2/c17-16-13(10-18)5-3-6-14(16)11-19-9-8-12-4-1-2-7-15(12)19/h3,5-6,12,15H,1-2,4,7-11,18H2. The van der Waals surface area contributed by atoms with E-state index in [0.29, 0.717) is 11.6 Å². The van der Waals surface area contributed by atoms with Crippen molar-refractivity contribution in [3.05, 3.63) is 35.1 Å². The zero-order chi connectivity index (χ0) is 13.2. The Labute approximate surface area is 114 Å². The second-order valence-corrected chi connectivity index (χ2v) is 5.97. The van der Waals surface area contributed by atoms with Crippen molar-refractivity contribution in [2.45, 2.75) is 51.2 Å². The number of hydrogen-bond donors (Lipinski definition) is 1. The van der Waals surface area contributed by atoms with Crippen LogP contribution in [0.3, 0.4) is 0 Å². The van der Waals surface area contributed by atoms with Gasteiger partial charge in [0.2, 0.25) is 0 Å².